The number of aromatic nitrogens is 2. The number of benzene rings is 1. The van der Waals surface area contributed by atoms with E-state index < -0.39 is 17.5 Å². The number of hydrogen-bond acceptors (Lipinski definition) is 5. The van der Waals surface area contributed by atoms with Crippen LogP contribution in [0.5, 0.6) is 0 Å². The monoisotopic (exact) mass is 340 g/mol. The molecule has 24 heavy (non-hydrogen) atoms. The molecule has 2 aromatic rings. The summed E-state index contributed by atoms with van der Waals surface area (Å²) in [5.41, 5.74) is 0.802. The molecule has 1 aliphatic carbocycles. The lowest BCUT2D eigenvalue weighted by Crippen LogP contribution is -2.25. The Hall–Kier alpha value is -2.72. The Morgan fingerprint density at radius 3 is 2.54 bits per heavy atom. The molecular formula is C17H10F2N4S. The topological polar surface area (TPSA) is 52.8 Å². The number of allylic oxidation sites excluding steroid dienone is 2. The summed E-state index contributed by atoms with van der Waals surface area (Å²) in [6.45, 7) is 0. The third-order valence-corrected chi connectivity index (χ3v) is 4.94. The molecular weight excluding hydrogens is 330 g/mol. The number of anilines is 2. The summed E-state index contributed by atoms with van der Waals surface area (Å²) in [6.07, 6.45) is 5.85. The smallest absolute Gasteiger partial charge is 0.240 e. The van der Waals surface area contributed by atoms with Crippen molar-refractivity contribution in [3.63, 3.8) is 0 Å². The Bertz CT molecular complexity index is 923. The highest BCUT2D eigenvalue weighted by Gasteiger charge is 2.31. The summed E-state index contributed by atoms with van der Waals surface area (Å²) in [6, 6.07) is 8.99. The molecule has 0 bridgehead atoms. The van der Waals surface area contributed by atoms with Crippen molar-refractivity contribution >= 4 is 23.4 Å². The zero-order chi connectivity index (χ0) is 16.7. The molecule has 0 atom stereocenters. The van der Waals surface area contributed by atoms with Crippen molar-refractivity contribution in [3.05, 3.63) is 64.5 Å². The third-order valence-electron chi connectivity index (χ3n) is 3.77. The maximum atomic E-state index is 14.0. The van der Waals surface area contributed by atoms with Crippen LogP contribution in [0, 0.1) is 23.2 Å². The lowest BCUT2D eigenvalue weighted by atomic mass is 10.1. The predicted octanol–water partition coefficient (Wildman–Crippen LogP) is 4.43. The standard InChI is InChI=1S/C17H10F2N4S/c18-15-10(9-20)16(19)22-17(21-15)23-11-5-1-3-7-13(11)24-14-8-4-2-6-12(14)23/h1,3,5-8H,2,4H2. The first-order valence-corrected chi connectivity index (χ1v) is 8.11. The normalized spacial score (nSPS) is 15.8. The maximum Gasteiger partial charge on any atom is 0.240 e. The fraction of sp³-hybridized carbons (Fsp3) is 0.118. The Kier molecular flexibility index (Phi) is 3.54. The van der Waals surface area contributed by atoms with Gasteiger partial charge in [0.2, 0.25) is 17.8 Å². The molecule has 2 aliphatic rings. The SMILES string of the molecule is N#Cc1c(F)nc(N2C3=CCCC=C3Sc3ccccc32)nc1F. The van der Waals surface area contributed by atoms with E-state index in [9.17, 15) is 8.78 Å². The van der Waals surface area contributed by atoms with Crippen LogP contribution in [0.2, 0.25) is 0 Å². The van der Waals surface area contributed by atoms with Crippen molar-refractivity contribution in [2.75, 3.05) is 4.90 Å². The van der Waals surface area contributed by atoms with Gasteiger partial charge in [-0.2, -0.15) is 24.0 Å². The summed E-state index contributed by atoms with van der Waals surface area (Å²) in [7, 11) is 0. The van der Waals surface area contributed by atoms with Gasteiger partial charge in [-0.05, 0) is 25.0 Å². The minimum Gasteiger partial charge on any atom is -0.277 e. The molecule has 0 saturated heterocycles. The molecule has 1 aliphatic heterocycles. The molecule has 4 rings (SSSR count). The Morgan fingerprint density at radius 1 is 1.08 bits per heavy atom. The van der Waals surface area contributed by atoms with E-state index in [-0.39, 0.29) is 5.95 Å². The van der Waals surface area contributed by atoms with Crippen molar-refractivity contribution in [2.24, 2.45) is 0 Å². The van der Waals surface area contributed by atoms with Crippen LogP contribution in [-0.4, -0.2) is 9.97 Å². The van der Waals surface area contributed by atoms with Gasteiger partial charge < -0.3 is 0 Å². The van der Waals surface area contributed by atoms with Gasteiger partial charge in [0, 0.05) is 9.80 Å². The number of fused-ring (bicyclic) bond motifs is 2. The maximum absolute atomic E-state index is 14.0. The van der Waals surface area contributed by atoms with E-state index in [1.807, 2.05) is 30.3 Å². The number of nitrogens with zero attached hydrogens (tertiary/aromatic N) is 4. The average Bonchev–Trinajstić information content (AvgIpc) is 2.59. The van der Waals surface area contributed by atoms with Crippen LogP contribution in [0.4, 0.5) is 20.4 Å². The highest BCUT2D eigenvalue weighted by molar-refractivity contribution is 8.03. The highest BCUT2D eigenvalue weighted by atomic mass is 32.2. The molecule has 0 N–H and O–H groups in total. The first-order valence-electron chi connectivity index (χ1n) is 7.30. The van der Waals surface area contributed by atoms with Crippen molar-refractivity contribution < 1.29 is 8.78 Å². The van der Waals surface area contributed by atoms with Gasteiger partial charge in [-0.15, -0.1) is 0 Å². The van der Waals surface area contributed by atoms with Crippen LogP contribution >= 0.6 is 11.8 Å². The fourth-order valence-corrected chi connectivity index (χ4v) is 3.84. The lowest BCUT2D eigenvalue weighted by molar-refractivity contribution is 0.519. The molecule has 7 heteroatoms. The quantitative estimate of drug-likeness (QED) is 0.719. The predicted molar refractivity (Wildman–Crippen MR) is 86.5 cm³/mol. The molecule has 0 radical (unpaired) electrons. The first kappa shape index (κ1) is 14.8. The molecule has 0 unspecified atom stereocenters. The van der Waals surface area contributed by atoms with Crippen molar-refractivity contribution in [1.29, 1.82) is 5.26 Å². The van der Waals surface area contributed by atoms with E-state index in [1.54, 1.807) is 16.7 Å². The summed E-state index contributed by atoms with van der Waals surface area (Å²) >= 11 is 1.61. The van der Waals surface area contributed by atoms with E-state index in [2.05, 4.69) is 16.0 Å². The molecule has 4 nitrogen and oxygen atoms in total. The summed E-state index contributed by atoms with van der Waals surface area (Å²) < 4.78 is 28.0. The first-order chi connectivity index (χ1) is 11.7. The summed E-state index contributed by atoms with van der Waals surface area (Å²) in [5, 5.41) is 8.80. The van der Waals surface area contributed by atoms with Gasteiger partial charge in [-0.1, -0.05) is 36.0 Å². The molecule has 2 heterocycles. The van der Waals surface area contributed by atoms with Crippen molar-refractivity contribution in [3.8, 4) is 6.07 Å². The van der Waals surface area contributed by atoms with Gasteiger partial charge in [-0.25, -0.2) is 0 Å². The van der Waals surface area contributed by atoms with Crippen LogP contribution < -0.4 is 4.90 Å². The van der Waals surface area contributed by atoms with Crippen LogP contribution in [0.3, 0.4) is 0 Å². The highest BCUT2D eigenvalue weighted by Crippen LogP contribution is 2.49. The molecule has 1 aromatic carbocycles. The zero-order valence-electron chi connectivity index (χ0n) is 12.3. The van der Waals surface area contributed by atoms with Gasteiger partial charge in [0.1, 0.15) is 6.07 Å². The largest absolute Gasteiger partial charge is 0.277 e. The van der Waals surface area contributed by atoms with Gasteiger partial charge >= 0.3 is 0 Å². The van der Waals surface area contributed by atoms with E-state index in [0.717, 1.165) is 34.0 Å². The fourth-order valence-electron chi connectivity index (χ4n) is 2.72. The van der Waals surface area contributed by atoms with Crippen molar-refractivity contribution in [1.82, 2.24) is 9.97 Å². The van der Waals surface area contributed by atoms with Gasteiger partial charge in [0.15, 0.2) is 5.56 Å². The molecule has 0 spiro atoms. The summed E-state index contributed by atoms with van der Waals surface area (Å²) in [5.74, 6) is -2.42. The minimum absolute atomic E-state index is 0.115. The van der Waals surface area contributed by atoms with Crippen LogP contribution in [0.15, 0.2) is 51.9 Å². The molecule has 1 aromatic heterocycles. The summed E-state index contributed by atoms with van der Waals surface area (Å²) in [4.78, 5) is 11.1. The number of hydrogen-bond donors (Lipinski definition) is 0. The number of rotatable bonds is 1. The van der Waals surface area contributed by atoms with Gasteiger partial charge in [-0.3, -0.25) is 4.90 Å². The van der Waals surface area contributed by atoms with E-state index in [4.69, 9.17) is 5.26 Å². The molecule has 0 amide bonds. The number of nitriles is 1. The van der Waals surface area contributed by atoms with Crippen LogP contribution in [0.1, 0.15) is 18.4 Å². The van der Waals surface area contributed by atoms with E-state index >= 15 is 0 Å². The average molecular weight is 340 g/mol. The van der Waals surface area contributed by atoms with E-state index in [0.29, 0.717) is 0 Å². The lowest BCUT2D eigenvalue weighted by Gasteiger charge is -2.34. The number of thioether (sulfide) groups is 1. The second-order valence-corrected chi connectivity index (χ2v) is 6.32. The third kappa shape index (κ3) is 2.27. The Labute approximate surface area is 141 Å². The molecule has 0 saturated carbocycles. The van der Waals surface area contributed by atoms with Gasteiger partial charge in [0.25, 0.3) is 0 Å². The molecule has 118 valence electrons. The Balaban J connectivity index is 1.94. The molecule has 0 fully saturated rings. The zero-order valence-corrected chi connectivity index (χ0v) is 13.1. The van der Waals surface area contributed by atoms with Gasteiger partial charge in [0.05, 0.1) is 11.4 Å². The Morgan fingerprint density at radius 2 is 1.79 bits per heavy atom. The second kappa shape index (κ2) is 5.73. The second-order valence-electron chi connectivity index (χ2n) is 5.23. The number of halogens is 2. The van der Waals surface area contributed by atoms with Crippen LogP contribution in [-0.2, 0) is 0 Å². The van der Waals surface area contributed by atoms with E-state index in [1.165, 1.54) is 6.07 Å². The minimum atomic E-state index is -1.15. The number of para-hydroxylation sites is 1. The van der Waals surface area contributed by atoms with Crippen molar-refractivity contribution in [2.45, 2.75) is 17.7 Å². The van der Waals surface area contributed by atoms with Crippen LogP contribution in [0.25, 0.3) is 0 Å².